The molecule has 0 spiro atoms. The van der Waals surface area contributed by atoms with E-state index in [-0.39, 0.29) is 17.5 Å². The Hall–Kier alpha value is -2.82. The Morgan fingerprint density at radius 1 is 1.18 bits per heavy atom. The molecule has 5 nitrogen and oxygen atoms in total. The lowest BCUT2D eigenvalue weighted by atomic mass is 9.99. The van der Waals surface area contributed by atoms with Crippen molar-refractivity contribution in [3.05, 3.63) is 65.2 Å². The number of aryl methyl sites for hydroxylation is 1. The number of hydrogen-bond acceptors (Lipinski definition) is 3. The third-order valence-electron chi connectivity index (χ3n) is 4.70. The third-order valence-corrected chi connectivity index (χ3v) is 4.70. The highest BCUT2D eigenvalue weighted by Gasteiger charge is 2.16. The minimum atomic E-state index is -0.324. The summed E-state index contributed by atoms with van der Waals surface area (Å²) in [5, 5.41) is 5.69. The van der Waals surface area contributed by atoms with E-state index in [9.17, 15) is 9.59 Å². The number of benzene rings is 1. The molecule has 0 aliphatic rings. The predicted molar refractivity (Wildman–Crippen MR) is 112 cm³/mol. The fraction of sp³-hybridized carbons (Fsp3) is 0.391. The summed E-state index contributed by atoms with van der Waals surface area (Å²) < 4.78 is 5.31. The Bertz CT molecular complexity index is 794. The molecule has 2 amide bonds. The van der Waals surface area contributed by atoms with Gasteiger partial charge < -0.3 is 15.1 Å². The highest BCUT2D eigenvalue weighted by Crippen LogP contribution is 2.12. The molecule has 1 heterocycles. The van der Waals surface area contributed by atoms with E-state index >= 15 is 0 Å². The molecule has 5 heteroatoms. The zero-order valence-corrected chi connectivity index (χ0v) is 17.0. The fourth-order valence-corrected chi connectivity index (χ4v) is 2.93. The molecule has 2 N–H and O–H groups in total. The second kappa shape index (κ2) is 11.1. The summed E-state index contributed by atoms with van der Waals surface area (Å²) in [5.41, 5.74) is 1.66. The van der Waals surface area contributed by atoms with E-state index in [0.717, 1.165) is 31.2 Å². The largest absolute Gasteiger partial charge is 0.465 e. The zero-order chi connectivity index (χ0) is 20.4. The molecular formula is C23H30N2O3. The molecule has 2 rings (SSSR count). The lowest BCUT2D eigenvalue weighted by Gasteiger charge is -2.16. The van der Waals surface area contributed by atoms with E-state index in [0.29, 0.717) is 23.8 Å². The Morgan fingerprint density at radius 2 is 2.00 bits per heavy atom. The summed E-state index contributed by atoms with van der Waals surface area (Å²) in [6.07, 6.45) is 7.46. The second-order valence-corrected chi connectivity index (χ2v) is 7.02. The SMILES string of the molecule is CCCCC(CC)CNC(=O)/C(=C/c1ccco1)NC(=O)c1cccc(C)c1. The summed E-state index contributed by atoms with van der Waals surface area (Å²) in [6.45, 7) is 6.80. The van der Waals surface area contributed by atoms with Gasteiger partial charge in [-0.15, -0.1) is 0 Å². The molecule has 0 saturated carbocycles. The smallest absolute Gasteiger partial charge is 0.267 e. The van der Waals surface area contributed by atoms with Crippen LogP contribution in [-0.4, -0.2) is 18.4 Å². The topological polar surface area (TPSA) is 71.3 Å². The van der Waals surface area contributed by atoms with Gasteiger partial charge in [-0.25, -0.2) is 0 Å². The van der Waals surface area contributed by atoms with E-state index in [4.69, 9.17) is 4.42 Å². The van der Waals surface area contributed by atoms with Gasteiger partial charge in [0.15, 0.2) is 0 Å². The number of hydrogen-bond donors (Lipinski definition) is 2. The number of carbonyl (C=O) groups is 2. The van der Waals surface area contributed by atoms with E-state index in [2.05, 4.69) is 24.5 Å². The zero-order valence-electron chi connectivity index (χ0n) is 17.0. The van der Waals surface area contributed by atoms with Gasteiger partial charge in [-0.1, -0.05) is 50.8 Å². The van der Waals surface area contributed by atoms with Crippen molar-refractivity contribution >= 4 is 17.9 Å². The van der Waals surface area contributed by atoms with Gasteiger partial charge in [0, 0.05) is 18.2 Å². The molecule has 0 bridgehead atoms. The number of nitrogens with one attached hydrogen (secondary N) is 2. The van der Waals surface area contributed by atoms with Crippen LogP contribution in [0.15, 0.2) is 52.8 Å². The highest BCUT2D eigenvalue weighted by molar-refractivity contribution is 6.05. The minimum Gasteiger partial charge on any atom is -0.465 e. The summed E-state index contributed by atoms with van der Waals surface area (Å²) in [4.78, 5) is 25.4. The molecule has 0 aliphatic heterocycles. The fourth-order valence-electron chi connectivity index (χ4n) is 2.93. The normalized spacial score (nSPS) is 12.5. The standard InChI is InChI=1S/C23H30N2O3/c1-4-6-10-18(5-2)16-24-23(27)21(15-20-12-8-13-28-20)25-22(26)19-11-7-9-17(3)14-19/h7-9,11-15,18H,4-6,10,16H2,1-3H3,(H,24,27)(H,25,26)/b21-15-. The maximum atomic E-state index is 12.8. The molecule has 150 valence electrons. The molecule has 0 aliphatic carbocycles. The van der Waals surface area contributed by atoms with Crippen molar-refractivity contribution < 1.29 is 14.0 Å². The second-order valence-electron chi connectivity index (χ2n) is 7.02. The van der Waals surface area contributed by atoms with Gasteiger partial charge >= 0.3 is 0 Å². The van der Waals surface area contributed by atoms with Gasteiger partial charge in [0.25, 0.3) is 11.8 Å². The lowest BCUT2D eigenvalue weighted by Crippen LogP contribution is -2.37. The number of rotatable bonds is 10. The molecular weight excluding hydrogens is 352 g/mol. The number of carbonyl (C=O) groups excluding carboxylic acids is 2. The van der Waals surface area contributed by atoms with Crippen LogP contribution in [0.5, 0.6) is 0 Å². The molecule has 1 aromatic carbocycles. The van der Waals surface area contributed by atoms with Crippen molar-refractivity contribution in [2.75, 3.05) is 6.54 Å². The lowest BCUT2D eigenvalue weighted by molar-refractivity contribution is -0.117. The Labute approximate surface area is 167 Å². The van der Waals surface area contributed by atoms with Crippen LogP contribution in [-0.2, 0) is 4.79 Å². The van der Waals surface area contributed by atoms with Gasteiger partial charge in [-0.05, 0) is 43.5 Å². The first-order valence-electron chi connectivity index (χ1n) is 9.94. The van der Waals surface area contributed by atoms with Crippen LogP contribution in [0.3, 0.4) is 0 Å². The van der Waals surface area contributed by atoms with Gasteiger partial charge in [0.2, 0.25) is 0 Å². The highest BCUT2D eigenvalue weighted by atomic mass is 16.3. The van der Waals surface area contributed by atoms with Crippen molar-refractivity contribution in [1.82, 2.24) is 10.6 Å². The predicted octanol–water partition coefficient (Wildman–Crippen LogP) is 4.69. The third kappa shape index (κ3) is 6.72. The molecule has 0 saturated heterocycles. The van der Waals surface area contributed by atoms with E-state index in [1.54, 1.807) is 30.3 Å². The van der Waals surface area contributed by atoms with Crippen molar-refractivity contribution in [3.63, 3.8) is 0 Å². The Morgan fingerprint density at radius 3 is 2.64 bits per heavy atom. The Balaban J connectivity index is 2.11. The van der Waals surface area contributed by atoms with Crippen LogP contribution in [0.4, 0.5) is 0 Å². The summed E-state index contributed by atoms with van der Waals surface area (Å²) in [6, 6.07) is 10.7. The molecule has 1 atom stereocenters. The van der Waals surface area contributed by atoms with Crippen molar-refractivity contribution in [3.8, 4) is 0 Å². The van der Waals surface area contributed by atoms with Crippen molar-refractivity contribution in [2.24, 2.45) is 5.92 Å². The molecule has 0 fully saturated rings. The summed E-state index contributed by atoms with van der Waals surface area (Å²) >= 11 is 0. The first-order valence-corrected chi connectivity index (χ1v) is 9.94. The van der Waals surface area contributed by atoms with Crippen LogP contribution in [0.2, 0.25) is 0 Å². The monoisotopic (exact) mass is 382 g/mol. The van der Waals surface area contributed by atoms with Crippen molar-refractivity contribution in [1.29, 1.82) is 0 Å². The van der Waals surface area contributed by atoms with E-state index in [1.807, 2.05) is 19.1 Å². The average molecular weight is 383 g/mol. The van der Waals surface area contributed by atoms with Crippen LogP contribution in [0.1, 0.15) is 61.2 Å². The molecule has 2 aromatic rings. The minimum absolute atomic E-state index is 0.173. The van der Waals surface area contributed by atoms with Gasteiger partial charge in [0.1, 0.15) is 11.5 Å². The molecule has 0 radical (unpaired) electrons. The summed E-state index contributed by atoms with van der Waals surface area (Å²) in [5.74, 6) is 0.302. The molecule has 1 aromatic heterocycles. The van der Waals surface area contributed by atoms with E-state index < -0.39 is 0 Å². The average Bonchev–Trinajstić information content (AvgIpc) is 3.20. The number of unbranched alkanes of at least 4 members (excludes halogenated alkanes) is 1. The molecule has 28 heavy (non-hydrogen) atoms. The summed E-state index contributed by atoms with van der Waals surface area (Å²) in [7, 11) is 0. The first-order chi connectivity index (χ1) is 13.5. The number of amides is 2. The van der Waals surface area contributed by atoms with Gasteiger partial charge in [0.05, 0.1) is 6.26 Å². The maximum Gasteiger partial charge on any atom is 0.267 e. The number of furan rings is 1. The van der Waals surface area contributed by atoms with E-state index in [1.165, 1.54) is 6.26 Å². The maximum absolute atomic E-state index is 12.8. The van der Waals surface area contributed by atoms with Crippen LogP contribution in [0.25, 0.3) is 6.08 Å². The van der Waals surface area contributed by atoms with Crippen molar-refractivity contribution in [2.45, 2.75) is 46.5 Å². The van der Waals surface area contributed by atoms with Crippen LogP contribution in [0, 0.1) is 12.8 Å². The molecule has 1 unspecified atom stereocenters. The van der Waals surface area contributed by atoms with Gasteiger partial charge in [-0.3, -0.25) is 9.59 Å². The van der Waals surface area contributed by atoms with Crippen LogP contribution < -0.4 is 10.6 Å². The van der Waals surface area contributed by atoms with Gasteiger partial charge in [-0.2, -0.15) is 0 Å². The quantitative estimate of drug-likeness (QED) is 0.586. The van der Waals surface area contributed by atoms with Crippen LogP contribution >= 0.6 is 0 Å². The Kier molecular flexibility index (Phi) is 8.53. The first kappa shape index (κ1) is 21.5.